The molecule has 0 aliphatic rings. The maximum absolute atomic E-state index is 13.1. The molecule has 0 atom stereocenters. The summed E-state index contributed by atoms with van der Waals surface area (Å²) < 4.78 is 13.1. The second-order valence-corrected chi connectivity index (χ2v) is 2.96. The van der Waals surface area contributed by atoms with E-state index in [2.05, 4.69) is 30.5 Å². The number of nitrogens with one attached hydrogen (secondary N) is 2. The maximum atomic E-state index is 13.1. The van der Waals surface area contributed by atoms with Gasteiger partial charge in [-0.05, 0) is 11.6 Å². The van der Waals surface area contributed by atoms with Gasteiger partial charge in [0, 0.05) is 0 Å². The summed E-state index contributed by atoms with van der Waals surface area (Å²) >= 11 is 5.51. The van der Waals surface area contributed by atoms with Crippen molar-refractivity contribution in [2.24, 2.45) is 0 Å². The van der Waals surface area contributed by atoms with Gasteiger partial charge in [0.05, 0.1) is 12.7 Å². The lowest BCUT2D eigenvalue weighted by Crippen LogP contribution is -2.05. The number of anilines is 1. The Morgan fingerprint density at radius 2 is 2.33 bits per heavy atom. The van der Waals surface area contributed by atoms with E-state index in [1.54, 1.807) is 0 Å². The van der Waals surface area contributed by atoms with Crippen LogP contribution in [0.1, 0.15) is 5.82 Å². The lowest BCUT2D eigenvalue weighted by Gasteiger charge is -2.03. The quantitative estimate of drug-likeness (QED) is 0.767. The number of halogens is 2. The van der Waals surface area contributed by atoms with Crippen molar-refractivity contribution in [3.8, 4) is 0 Å². The molecule has 15 heavy (non-hydrogen) atoms. The first kappa shape index (κ1) is 9.78. The average Bonchev–Trinajstić information content (AvgIpc) is 2.72. The molecule has 6 nitrogen and oxygen atoms in total. The Labute approximate surface area is 88.9 Å². The van der Waals surface area contributed by atoms with E-state index in [1.165, 1.54) is 6.33 Å². The van der Waals surface area contributed by atoms with Gasteiger partial charge in [-0.1, -0.05) is 0 Å². The number of aromatic nitrogens is 5. The zero-order valence-corrected chi connectivity index (χ0v) is 8.16. The summed E-state index contributed by atoms with van der Waals surface area (Å²) in [6.45, 7) is 0.282. The topological polar surface area (TPSA) is 79.4 Å². The highest BCUT2D eigenvalue weighted by molar-refractivity contribution is 6.28. The predicted molar refractivity (Wildman–Crippen MR) is 50.7 cm³/mol. The van der Waals surface area contributed by atoms with E-state index in [0.717, 1.165) is 6.20 Å². The fourth-order valence-corrected chi connectivity index (χ4v) is 1.09. The summed E-state index contributed by atoms with van der Waals surface area (Å²) in [6, 6.07) is 0. The number of aromatic amines is 1. The summed E-state index contributed by atoms with van der Waals surface area (Å²) in [5, 5.41) is 8.96. The van der Waals surface area contributed by atoms with Crippen LogP contribution in [0.4, 0.5) is 10.2 Å². The van der Waals surface area contributed by atoms with Crippen LogP contribution in [0.3, 0.4) is 0 Å². The van der Waals surface area contributed by atoms with E-state index in [4.69, 9.17) is 11.6 Å². The molecule has 0 aromatic carbocycles. The van der Waals surface area contributed by atoms with Crippen molar-refractivity contribution in [3.63, 3.8) is 0 Å². The van der Waals surface area contributed by atoms with E-state index in [0.29, 0.717) is 5.82 Å². The molecule has 2 heterocycles. The molecule has 0 unspecified atom stereocenters. The minimum absolute atomic E-state index is 0.0172. The summed E-state index contributed by atoms with van der Waals surface area (Å²) in [5.74, 6) is 0.0365. The van der Waals surface area contributed by atoms with Gasteiger partial charge in [-0.2, -0.15) is 10.1 Å². The Bertz CT molecular complexity index is 445. The van der Waals surface area contributed by atoms with Crippen LogP contribution in [-0.4, -0.2) is 25.1 Å². The minimum Gasteiger partial charge on any atom is -0.360 e. The van der Waals surface area contributed by atoms with Crippen LogP contribution in [-0.2, 0) is 6.54 Å². The van der Waals surface area contributed by atoms with E-state index < -0.39 is 5.82 Å². The van der Waals surface area contributed by atoms with E-state index in [1.807, 2.05) is 0 Å². The van der Waals surface area contributed by atoms with Crippen LogP contribution in [0, 0.1) is 5.82 Å². The molecule has 0 radical (unpaired) electrons. The summed E-state index contributed by atoms with van der Waals surface area (Å²) in [4.78, 5) is 11.0. The van der Waals surface area contributed by atoms with Gasteiger partial charge in [0.15, 0.2) is 11.6 Å². The number of nitrogens with zero attached hydrogens (tertiary/aromatic N) is 4. The standard InChI is InChI=1S/C7H6ClFN6/c8-7-11-1-4(9)6(14-7)10-2-5-12-3-13-15-5/h1,3H,2H2,(H,10,11,14)(H,12,13,15). The molecule has 0 bridgehead atoms. The number of H-pyrrole nitrogens is 1. The highest BCUT2D eigenvalue weighted by Crippen LogP contribution is 2.12. The highest BCUT2D eigenvalue weighted by atomic mass is 35.5. The lowest BCUT2D eigenvalue weighted by atomic mass is 10.5. The molecule has 0 saturated carbocycles. The molecule has 8 heteroatoms. The Balaban J connectivity index is 2.07. The third kappa shape index (κ3) is 2.38. The van der Waals surface area contributed by atoms with E-state index >= 15 is 0 Å². The number of hydrogen-bond acceptors (Lipinski definition) is 5. The monoisotopic (exact) mass is 228 g/mol. The summed E-state index contributed by atoms with van der Waals surface area (Å²) in [7, 11) is 0. The first-order valence-electron chi connectivity index (χ1n) is 4.02. The SMILES string of the molecule is Fc1cnc(Cl)nc1NCc1ncn[nH]1. The number of hydrogen-bond donors (Lipinski definition) is 2. The van der Waals surface area contributed by atoms with Crippen molar-refractivity contribution in [1.82, 2.24) is 25.1 Å². The Morgan fingerprint density at radius 3 is 3.07 bits per heavy atom. The molecule has 0 saturated heterocycles. The largest absolute Gasteiger partial charge is 0.360 e. The number of rotatable bonds is 3. The second kappa shape index (κ2) is 4.18. The van der Waals surface area contributed by atoms with Crippen LogP contribution in [0.25, 0.3) is 0 Å². The zero-order valence-electron chi connectivity index (χ0n) is 7.41. The molecule has 2 N–H and O–H groups in total. The van der Waals surface area contributed by atoms with E-state index in [9.17, 15) is 4.39 Å². The summed E-state index contributed by atoms with van der Waals surface area (Å²) in [5.41, 5.74) is 0. The van der Waals surface area contributed by atoms with Gasteiger partial charge < -0.3 is 5.32 Å². The molecule has 2 aromatic rings. The molecule has 0 spiro atoms. The minimum atomic E-state index is -0.570. The highest BCUT2D eigenvalue weighted by Gasteiger charge is 2.05. The normalized spacial score (nSPS) is 10.3. The Kier molecular flexibility index (Phi) is 2.72. The molecule has 0 aliphatic carbocycles. The average molecular weight is 229 g/mol. The summed E-state index contributed by atoms with van der Waals surface area (Å²) in [6.07, 6.45) is 2.36. The van der Waals surface area contributed by atoms with Gasteiger partial charge in [-0.15, -0.1) is 0 Å². The van der Waals surface area contributed by atoms with Gasteiger partial charge >= 0.3 is 0 Å². The third-order valence-corrected chi connectivity index (χ3v) is 1.79. The first-order chi connectivity index (χ1) is 7.25. The van der Waals surface area contributed by atoms with Crippen molar-refractivity contribution in [2.45, 2.75) is 6.54 Å². The van der Waals surface area contributed by atoms with Crippen LogP contribution < -0.4 is 5.32 Å². The molecule has 0 amide bonds. The fraction of sp³-hybridized carbons (Fsp3) is 0.143. The molecule has 0 aliphatic heterocycles. The van der Waals surface area contributed by atoms with Gasteiger partial charge in [0.1, 0.15) is 12.2 Å². The lowest BCUT2D eigenvalue weighted by molar-refractivity contribution is 0.616. The maximum Gasteiger partial charge on any atom is 0.224 e. The third-order valence-electron chi connectivity index (χ3n) is 1.60. The first-order valence-corrected chi connectivity index (χ1v) is 4.39. The molecule has 2 aromatic heterocycles. The molecule has 2 rings (SSSR count). The molecular formula is C7H6ClFN6. The Hall–Kier alpha value is -1.76. The fourth-order valence-electron chi connectivity index (χ4n) is 0.953. The van der Waals surface area contributed by atoms with Crippen molar-refractivity contribution in [3.05, 3.63) is 29.4 Å². The van der Waals surface area contributed by atoms with Crippen molar-refractivity contribution >= 4 is 17.4 Å². The van der Waals surface area contributed by atoms with Gasteiger partial charge in [-0.25, -0.2) is 14.4 Å². The second-order valence-electron chi connectivity index (χ2n) is 2.62. The van der Waals surface area contributed by atoms with Gasteiger partial charge in [0.2, 0.25) is 5.28 Å². The van der Waals surface area contributed by atoms with Crippen molar-refractivity contribution in [1.29, 1.82) is 0 Å². The van der Waals surface area contributed by atoms with Gasteiger partial charge in [-0.3, -0.25) is 5.10 Å². The van der Waals surface area contributed by atoms with Crippen molar-refractivity contribution < 1.29 is 4.39 Å². The predicted octanol–water partition coefficient (Wildman–Crippen LogP) is 0.999. The smallest absolute Gasteiger partial charge is 0.224 e. The van der Waals surface area contributed by atoms with Crippen molar-refractivity contribution in [2.75, 3.05) is 5.32 Å². The van der Waals surface area contributed by atoms with Crippen LogP contribution in [0.2, 0.25) is 5.28 Å². The van der Waals surface area contributed by atoms with Crippen LogP contribution in [0.5, 0.6) is 0 Å². The van der Waals surface area contributed by atoms with E-state index in [-0.39, 0.29) is 17.6 Å². The zero-order chi connectivity index (χ0) is 10.7. The molecule has 0 fully saturated rings. The molecular weight excluding hydrogens is 223 g/mol. The van der Waals surface area contributed by atoms with Crippen LogP contribution in [0.15, 0.2) is 12.5 Å². The van der Waals surface area contributed by atoms with Crippen LogP contribution >= 0.6 is 11.6 Å². The van der Waals surface area contributed by atoms with Gasteiger partial charge in [0.25, 0.3) is 0 Å². The molecule has 78 valence electrons. The Morgan fingerprint density at radius 1 is 1.47 bits per heavy atom.